The lowest BCUT2D eigenvalue weighted by atomic mass is 10.0. The number of H-pyrrole nitrogens is 1. The molecule has 0 bridgehead atoms. The van der Waals surface area contributed by atoms with E-state index in [9.17, 15) is 9.59 Å². The van der Waals surface area contributed by atoms with Crippen LogP contribution in [0.4, 0.5) is 0 Å². The van der Waals surface area contributed by atoms with E-state index >= 15 is 0 Å². The molecule has 1 fully saturated rings. The normalized spacial score (nSPS) is 17.1. The molecule has 1 heterocycles. The molecule has 5 heteroatoms. The first-order valence-electron chi connectivity index (χ1n) is 5.98. The van der Waals surface area contributed by atoms with Gasteiger partial charge in [0.1, 0.15) is 5.15 Å². The Balaban J connectivity index is 2.37. The van der Waals surface area contributed by atoms with Crippen molar-refractivity contribution in [2.75, 3.05) is 0 Å². The highest BCUT2D eigenvalue weighted by Gasteiger charge is 2.42. The van der Waals surface area contributed by atoms with Gasteiger partial charge in [0, 0.05) is 12.1 Å². The first-order valence-corrected chi connectivity index (χ1v) is 6.36. The fourth-order valence-electron chi connectivity index (χ4n) is 2.32. The van der Waals surface area contributed by atoms with E-state index < -0.39 is 5.69 Å². The predicted molar refractivity (Wildman–Crippen MR) is 67.6 cm³/mol. The van der Waals surface area contributed by atoms with Crippen LogP contribution < -0.4 is 11.2 Å². The molecular weight excluding hydrogens is 240 g/mol. The number of aromatic amines is 1. The Bertz CT molecular complexity index is 540. The maximum absolute atomic E-state index is 12.0. The fraction of sp³-hybridized carbons (Fsp3) is 0.667. The molecule has 0 amide bonds. The van der Waals surface area contributed by atoms with Gasteiger partial charge in [0.25, 0.3) is 5.56 Å². The second-order valence-electron chi connectivity index (χ2n) is 5.01. The standard InChI is InChI=1S/C12H17ClN2O2/c1-3-4-12(5-6-12)7-15-10(16)8(2)9(13)14-11(15)17/h3-7H2,1-2H3,(H,14,17). The largest absolute Gasteiger partial charge is 0.329 e. The number of nitrogens with one attached hydrogen (secondary N) is 1. The molecule has 0 aliphatic heterocycles. The summed E-state index contributed by atoms with van der Waals surface area (Å²) in [6, 6.07) is 0. The summed E-state index contributed by atoms with van der Waals surface area (Å²) in [6.45, 7) is 4.28. The molecule has 0 radical (unpaired) electrons. The molecule has 1 aromatic rings. The summed E-state index contributed by atoms with van der Waals surface area (Å²) in [5.41, 5.74) is -0.0704. The van der Waals surface area contributed by atoms with Gasteiger partial charge in [-0.25, -0.2) is 4.79 Å². The van der Waals surface area contributed by atoms with Crippen molar-refractivity contribution in [1.82, 2.24) is 9.55 Å². The average Bonchev–Trinajstić information content (AvgIpc) is 3.02. The van der Waals surface area contributed by atoms with Crippen molar-refractivity contribution in [3.63, 3.8) is 0 Å². The van der Waals surface area contributed by atoms with Crippen molar-refractivity contribution in [2.24, 2.45) is 5.41 Å². The lowest BCUT2D eigenvalue weighted by Crippen LogP contribution is -2.38. The van der Waals surface area contributed by atoms with Gasteiger partial charge in [-0.05, 0) is 31.6 Å². The minimum absolute atomic E-state index is 0.150. The van der Waals surface area contributed by atoms with Gasteiger partial charge in [-0.15, -0.1) is 0 Å². The molecule has 1 aromatic heterocycles. The summed E-state index contributed by atoms with van der Waals surface area (Å²) in [5, 5.41) is 0.150. The zero-order valence-electron chi connectivity index (χ0n) is 10.2. The SMILES string of the molecule is CCCC1(Cn2c(=O)[nH]c(Cl)c(C)c2=O)CC1. The maximum Gasteiger partial charge on any atom is 0.329 e. The van der Waals surface area contributed by atoms with Crippen molar-refractivity contribution in [3.05, 3.63) is 31.6 Å². The van der Waals surface area contributed by atoms with E-state index in [2.05, 4.69) is 11.9 Å². The second kappa shape index (κ2) is 4.33. The second-order valence-corrected chi connectivity index (χ2v) is 5.39. The maximum atomic E-state index is 12.0. The van der Waals surface area contributed by atoms with E-state index in [1.807, 2.05) is 0 Å². The molecule has 0 spiro atoms. The Hall–Kier alpha value is -1.03. The molecule has 0 atom stereocenters. The third kappa shape index (κ3) is 2.32. The number of hydrogen-bond acceptors (Lipinski definition) is 2. The molecule has 94 valence electrons. The highest BCUT2D eigenvalue weighted by Crippen LogP contribution is 2.50. The van der Waals surface area contributed by atoms with Gasteiger partial charge in [0.15, 0.2) is 0 Å². The summed E-state index contributed by atoms with van der Waals surface area (Å²) < 4.78 is 1.30. The average molecular weight is 257 g/mol. The molecular formula is C12H17ClN2O2. The van der Waals surface area contributed by atoms with Crippen molar-refractivity contribution in [2.45, 2.75) is 46.1 Å². The van der Waals surface area contributed by atoms with Crippen molar-refractivity contribution >= 4 is 11.6 Å². The molecule has 17 heavy (non-hydrogen) atoms. The molecule has 0 saturated heterocycles. The summed E-state index contributed by atoms with van der Waals surface area (Å²) in [4.78, 5) is 26.2. The highest BCUT2D eigenvalue weighted by atomic mass is 35.5. The first-order chi connectivity index (χ1) is 7.99. The molecule has 1 aliphatic carbocycles. The predicted octanol–water partition coefficient (Wildman–Crippen LogP) is 2.08. The van der Waals surface area contributed by atoms with Crippen LogP contribution in [0.1, 0.15) is 38.2 Å². The minimum Gasteiger partial charge on any atom is -0.297 e. The third-order valence-corrected chi connectivity index (χ3v) is 3.97. The van der Waals surface area contributed by atoms with Crippen molar-refractivity contribution < 1.29 is 0 Å². The van der Waals surface area contributed by atoms with Gasteiger partial charge >= 0.3 is 5.69 Å². The third-order valence-electron chi connectivity index (χ3n) is 3.59. The number of hydrogen-bond donors (Lipinski definition) is 1. The van der Waals surface area contributed by atoms with Crippen LogP contribution in [0.5, 0.6) is 0 Å². The van der Waals surface area contributed by atoms with E-state index in [4.69, 9.17) is 11.6 Å². The van der Waals surface area contributed by atoms with Crippen LogP contribution in [0, 0.1) is 12.3 Å². The quantitative estimate of drug-likeness (QED) is 0.839. The lowest BCUT2D eigenvalue weighted by Gasteiger charge is -2.15. The van der Waals surface area contributed by atoms with E-state index in [1.54, 1.807) is 6.92 Å². The monoisotopic (exact) mass is 256 g/mol. The van der Waals surface area contributed by atoms with Gasteiger partial charge in [0.2, 0.25) is 0 Å². The van der Waals surface area contributed by atoms with Crippen molar-refractivity contribution in [3.8, 4) is 0 Å². The zero-order chi connectivity index (χ0) is 12.6. The Morgan fingerprint density at radius 2 is 2.06 bits per heavy atom. The lowest BCUT2D eigenvalue weighted by molar-refractivity contribution is 0.372. The van der Waals surface area contributed by atoms with Crippen LogP contribution >= 0.6 is 11.6 Å². The molecule has 2 rings (SSSR count). The van der Waals surface area contributed by atoms with E-state index in [-0.39, 0.29) is 16.1 Å². The number of rotatable bonds is 4. The molecule has 1 saturated carbocycles. The topological polar surface area (TPSA) is 54.9 Å². The number of halogens is 1. The Morgan fingerprint density at radius 3 is 2.59 bits per heavy atom. The van der Waals surface area contributed by atoms with Gasteiger partial charge in [-0.2, -0.15) is 0 Å². The Kier molecular flexibility index (Phi) is 3.17. The minimum atomic E-state index is -0.395. The molecule has 0 unspecified atom stereocenters. The van der Waals surface area contributed by atoms with Gasteiger partial charge in [-0.1, -0.05) is 24.9 Å². The smallest absolute Gasteiger partial charge is 0.297 e. The van der Waals surface area contributed by atoms with E-state index in [0.29, 0.717) is 12.1 Å². The summed E-state index contributed by atoms with van der Waals surface area (Å²) >= 11 is 5.77. The van der Waals surface area contributed by atoms with E-state index in [1.165, 1.54) is 4.57 Å². The Morgan fingerprint density at radius 1 is 1.41 bits per heavy atom. The van der Waals surface area contributed by atoms with Crippen LogP contribution in [0.15, 0.2) is 9.59 Å². The fourth-order valence-corrected chi connectivity index (χ4v) is 2.48. The highest BCUT2D eigenvalue weighted by molar-refractivity contribution is 6.30. The van der Waals surface area contributed by atoms with Gasteiger partial charge in [-0.3, -0.25) is 14.3 Å². The number of aromatic nitrogens is 2. The van der Waals surface area contributed by atoms with Crippen LogP contribution in [0.25, 0.3) is 0 Å². The van der Waals surface area contributed by atoms with Crippen LogP contribution in [0.2, 0.25) is 5.15 Å². The summed E-state index contributed by atoms with van der Waals surface area (Å²) in [5.74, 6) is 0. The Labute approximate surface area is 105 Å². The number of nitrogens with zero attached hydrogens (tertiary/aromatic N) is 1. The first kappa shape index (κ1) is 12.4. The molecule has 4 nitrogen and oxygen atoms in total. The van der Waals surface area contributed by atoms with E-state index in [0.717, 1.165) is 25.7 Å². The van der Waals surface area contributed by atoms with Crippen molar-refractivity contribution in [1.29, 1.82) is 0 Å². The summed E-state index contributed by atoms with van der Waals surface area (Å²) in [6.07, 6.45) is 4.36. The van der Waals surface area contributed by atoms with Gasteiger partial charge in [0.05, 0.1) is 0 Å². The van der Waals surface area contributed by atoms with Crippen LogP contribution in [-0.2, 0) is 6.54 Å². The van der Waals surface area contributed by atoms with Crippen LogP contribution in [-0.4, -0.2) is 9.55 Å². The summed E-state index contributed by atoms with van der Waals surface area (Å²) in [7, 11) is 0. The van der Waals surface area contributed by atoms with Gasteiger partial charge < -0.3 is 0 Å². The molecule has 1 N–H and O–H groups in total. The van der Waals surface area contributed by atoms with Crippen LogP contribution in [0.3, 0.4) is 0 Å². The molecule has 0 aromatic carbocycles. The molecule has 1 aliphatic rings. The zero-order valence-corrected chi connectivity index (χ0v) is 10.9.